The number of aromatic nitrogens is 1. The number of hydrogen-bond acceptors (Lipinski definition) is 6. The van der Waals surface area contributed by atoms with E-state index in [2.05, 4.69) is 10.3 Å². The summed E-state index contributed by atoms with van der Waals surface area (Å²) < 4.78 is 99.5. The molecule has 1 aliphatic rings. The summed E-state index contributed by atoms with van der Waals surface area (Å²) in [6, 6.07) is 8.55. The highest BCUT2D eigenvalue weighted by atomic mass is 32.2. The number of halogens is 5. The molecule has 0 saturated carbocycles. The average Bonchev–Trinajstić information content (AvgIpc) is 3.41. The van der Waals surface area contributed by atoms with Gasteiger partial charge in [-0.15, -0.1) is 0 Å². The highest BCUT2D eigenvalue weighted by Gasteiger charge is 2.39. The van der Waals surface area contributed by atoms with E-state index in [1.165, 1.54) is 6.07 Å². The number of aliphatic hydroxyl groups is 1. The molecule has 14 heteroatoms. The molecule has 4 rings (SSSR count). The molecule has 214 valence electrons. The second-order valence-electron chi connectivity index (χ2n) is 8.91. The van der Waals surface area contributed by atoms with Crippen LogP contribution in [0.2, 0.25) is 0 Å². The molecule has 1 aromatic heterocycles. The number of carbonyl (C=O) groups is 1. The number of pyridine rings is 1. The fraction of sp³-hybridized carbons (Fsp3) is 0.308. The monoisotopic (exact) mass is 585 g/mol. The molecule has 1 fully saturated rings. The quantitative estimate of drug-likeness (QED) is 0.369. The van der Waals surface area contributed by atoms with E-state index in [1.807, 2.05) is 0 Å². The van der Waals surface area contributed by atoms with Crippen molar-refractivity contribution in [1.29, 1.82) is 0 Å². The van der Waals surface area contributed by atoms with Gasteiger partial charge < -0.3 is 15.2 Å². The Morgan fingerprint density at radius 2 is 1.80 bits per heavy atom. The van der Waals surface area contributed by atoms with Gasteiger partial charge in [0, 0.05) is 18.7 Å². The molecule has 1 atom stereocenters. The first-order valence-electron chi connectivity index (χ1n) is 12.1. The third kappa shape index (κ3) is 6.57. The van der Waals surface area contributed by atoms with Crippen LogP contribution in [-0.4, -0.2) is 54.5 Å². The minimum atomic E-state index is -4.76. The summed E-state index contributed by atoms with van der Waals surface area (Å²) in [5, 5.41) is 11.6. The number of nitrogens with zero attached hydrogens (tertiary/aromatic N) is 2. The van der Waals surface area contributed by atoms with Crippen LogP contribution in [0, 0.1) is 11.6 Å². The molecule has 0 spiro atoms. The average molecular weight is 586 g/mol. The number of rotatable bonds is 9. The van der Waals surface area contributed by atoms with Crippen LogP contribution < -0.4 is 10.1 Å². The number of sulfonamides is 1. The molecule has 0 radical (unpaired) electrons. The summed E-state index contributed by atoms with van der Waals surface area (Å²) in [5.74, 6) is -2.45. The summed E-state index contributed by atoms with van der Waals surface area (Å²) in [6.45, 7) is -0.976. The topological polar surface area (TPSA) is 109 Å². The van der Waals surface area contributed by atoms with Crippen LogP contribution in [0.3, 0.4) is 0 Å². The highest BCUT2D eigenvalue weighted by molar-refractivity contribution is 7.89. The Hall–Kier alpha value is -3.62. The van der Waals surface area contributed by atoms with Crippen molar-refractivity contribution in [1.82, 2.24) is 14.6 Å². The molecule has 3 aromatic rings. The number of benzene rings is 2. The fourth-order valence-corrected chi connectivity index (χ4v) is 5.97. The lowest BCUT2D eigenvalue weighted by Crippen LogP contribution is -2.45. The van der Waals surface area contributed by atoms with E-state index in [0.717, 1.165) is 46.8 Å². The number of carbonyl (C=O) groups excluding carboxylic acids is 1. The van der Waals surface area contributed by atoms with E-state index < -0.39 is 58.0 Å². The number of aliphatic hydroxyl groups excluding tert-OH is 1. The first-order valence-corrected chi connectivity index (χ1v) is 13.5. The van der Waals surface area contributed by atoms with Crippen LogP contribution in [0.15, 0.2) is 59.5 Å². The molecule has 0 aliphatic carbocycles. The number of amides is 1. The van der Waals surface area contributed by atoms with Gasteiger partial charge in [0.1, 0.15) is 30.0 Å². The summed E-state index contributed by atoms with van der Waals surface area (Å²) >= 11 is 0. The Labute approximate surface area is 226 Å². The zero-order chi connectivity index (χ0) is 29.1. The normalized spacial score (nSPS) is 16.2. The van der Waals surface area contributed by atoms with Crippen molar-refractivity contribution in [3.63, 3.8) is 0 Å². The first kappa shape index (κ1) is 29.4. The minimum absolute atomic E-state index is 0.0286. The summed E-state index contributed by atoms with van der Waals surface area (Å²) in [5.41, 5.74) is -0.854. The van der Waals surface area contributed by atoms with Crippen molar-refractivity contribution >= 4 is 15.9 Å². The van der Waals surface area contributed by atoms with Gasteiger partial charge >= 0.3 is 6.18 Å². The molecule has 2 aromatic carbocycles. The van der Waals surface area contributed by atoms with Crippen LogP contribution in [0.4, 0.5) is 22.0 Å². The van der Waals surface area contributed by atoms with Crippen molar-refractivity contribution in [3.05, 3.63) is 77.5 Å². The number of nitrogens with one attached hydrogen (secondary N) is 1. The maximum Gasteiger partial charge on any atom is 0.433 e. The summed E-state index contributed by atoms with van der Waals surface area (Å²) in [4.78, 5) is 16.3. The molecule has 8 nitrogen and oxygen atoms in total. The molecule has 1 aliphatic heterocycles. The van der Waals surface area contributed by atoms with Gasteiger partial charge in [0.25, 0.3) is 0 Å². The molecule has 1 saturated heterocycles. The van der Waals surface area contributed by atoms with Crippen LogP contribution in [-0.2, 0) is 27.5 Å². The van der Waals surface area contributed by atoms with E-state index in [0.29, 0.717) is 12.5 Å². The SMILES string of the molecule is O=C(NCc1cc(F)cc(-c2ccc(C(F)(F)F)nc2OCCO)c1)[C@@H]1CCCN1S(=O)(=O)c1ccc(F)cc1. The van der Waals surface area contributed by atoms with Crippen molar-refractivity contribution in [2.24, 2.45) is 0 Å². The predicted octanol–water partition coefficient (Wildman–Crippen LogP) is 3.89. The van der Waals surface area contributed by atoms with Crippen molar-refractivity contribution in [2.75, 3.05) is 19.8 Å². The maximum atomic E-state index is 14.5. The van der Waals surface area contributed by atoms with Gasteiger partial charge in [0.05, 0.1) is 11.5 Å². The van der Waals surface area contributed by atoms with E-state index >= 15 is 0 Å². The standard InChI is InChI=1S/C26H24F5N3O5S/c27-18-3-5-20(6-4-18)40(37,38)34-9-1-2-22(34)24(36)32-15-16-12-17(14-19(28)13-16)21-7-8-23(26(29,30)31)33-25(21)39-11-10-35/h3-8,12-14,22,35H,1-2,9-11,15H2,(H,32,36)/t22-/m0/s1. The van der Waals surface area contributed by atoms with Gasteiger partial charge in [-0.2, -0.15) is 17.5 Å². The second kappa shape index (κ2) is 11.9. The molecule has 0 unspecified atom stereocenters. The van der Waals surface area contributed by atoms with Crippen LogP contribution >= 0.6 is 0 Å². The lowest BCUT2D eigenvalue weighted by atomic mass is 10.0. The zero-order valence-corrected chi connectivity index (χ0v) is 21.6. The maximum absolute atomic E-state index is 14.5. The van der Waals surface area contributed by atoms with Crippen molar-refractivity contribution in [2.45, 2.75) is 36.5 Å². The van der Waals surface area contributed by atoms with E-state index in [9.17, 15) is 35.2 Å². The van der Waals surface area contributed by atoms with Gasteiger partial charge in [0.15, 0.2) is 0 Å². The zero-order valence-electron chi connectivity index (χ0n) is 20.8. The second-order valence-corrected chi connectivity index (χ2v) is 10.8. The third-order valence-electron chi connectivity index (χ3n) is 6.14. The molecule has 1 amide bonds. The Bertz CT molecular complexity index is 1480. The summed E-state index contributed by atoms with van der Waals surface area (Å²) in [7, 11) is -4.08. The Morgan fingerprint density at radius 3 is 2.48 bits per heavy atom. The van der Waals surface area contributed by atoms with E-state index in [-0.39, 0.29) is 47.7 Å². The number of alkyl halides is 3. The summed E-state index contributed by atoms with van der Waals surface area (Å²) in [6.07, 6.45) is -4.10. The molecule has 40 heavy (non-hydrogen) atoms. The Kier molecular flexibility index (Phi) is 8.71. The fourth-order valence-electron chi connectivity index (χ4n) is 4.32. The molecular formula is C26H24F5N3O5S. The third-order valence-corrected chi connectivity index (χ3v) is 8.07. The van der Waals surface area contributed by atoms with Crippen LogP contribution in [0.1, 0.15) is 24.1 Å². The smallest absolute Gasteiger partial charge is 0.433 e. The van der Waals surface area contributed by atoms with Crippen LogP contribution in [0.5, 0.6) is 5.88 Å². The number of ether oxygens (including phenoxy) is 1. The van der Waals surface area contributed by atoms with Gasteiger partial charge in [-0.25, -0.2) is 22.2 Å². The molecule has 2 N–H and O–H groups in total. The molecule has 2 heterocycles. The van der Waals surface area contributed by atoms with Gasteiger partial charge in [-0.1, -0.05) is 0 Å². The number of hydrogen-bond donors (Lipinski definition) is 2. The first-order chi connectivity index (χ1) is 18.9. The lowest BCUT2D eigenvalue weighted by molar-refractivity contribution is -0.141. The van der Waals surface area contributed by atoms with E-state index in [1.54, 1.807) is 0 Å². The minimum Gasteiger partial charge on any atom is -0.475 e. The predicted molar refractivity (Wildman–Crippen MR) is 132 cm³/mol. The largest absolute Gasteiger partial charge is 0.475 e. The van der Waals surface area contributed by atoms with E-state index in [4.69, 9.17) is 9.84 Å². The van der Waals surface area contributed by atoms with Crippen molar-refractivity contribution < 1.29 is 45.0 Å². The van der Waals surface area contributed by atoms with Crippen molar-refractivity contribution in [3.8, 4) is 17.0 Å². The van der Waals surface area contributed by atoms with Gasteiger partial charge in [-0.05, 0) is 78.6 Å². The van der Waals surface area contributed by atoms with Gasteiger partial charge in [0.2, 0.25) is 21.8 Å². The Balaban J connectivity index is 1.54. The van der Waals surface area contributed by atoms with Crippen LogP contribution in [0.25, 0.3) is 11.1 Å². The highest BCUT2D eigenvalue weighted by Crippen LogP contribution is 2.35. The van der Waals surface area contributed by atoms with Gasteiger partial charge in [-0.3, -0.25) is 4.79 Å². The molecule has 0 bridgehead atoms. The lowest BCUT2D eigenvalue weighted by Gasteiger charge is -2.23. The molecular weight excluding hydrogens is 561 g/mol. The Morgan fingerprint density at radius 1 is 1.07 bits per heavy atom.